The molecule has 5 heteroatoms. The summed E-state index contributed by atoms with van der Waals surface area (Å²) in [6.45, 7) is 10.2. The van der Waals surface area contributed by atoms with Crippen LogP contribution in [0.3, 0.4) is 0 Å². The number of esters is 1. The fourth-order valence-corrected chi connectivity index (χ4v) is 7.75. The van der Waals surface area contributed by atoms with Crippen molar-refractivity contribution in [1.82, 2.24) is 0 Å². The lowest BCUT2D eigenvalue weighted by Crippen LogP contribution is -2.58. The highest BCUT2D eigenvalue weighted by molar-refractivity contribution is 5.66. The number of hydrogen-bond donors (Lipinski definition) is 1. The van der Waals surface area contributed by atoms with E-state index in [9.17, 15) is 9.90 Å². The van der Waals surface area contributed by atoms with Crippen LogP contribution in [0.25, 0.3) is 0 Å². The Morgan fingerprint density at radius 2 is 1.76 bits per heavy atom. The van der Waals surface area contributed by atoms with Gasteiger partial charge in [-0.3, -0.25) is 4.79 Å². The van der Waals surface area contributed by atoms with Crippen molar-refractivity contribution < 1.29 is 24.1 Å². The molecule has 1 N–H and O–H groups in total. The van der Waals surface area contributed by atoms with Gasteiger partial charge in [0.1, 0.15) is 6.10 Å². The fraction of sp³-hybridized carbons (Fsp3) is 0.958. The van der Waals surface area contributed by atoms with Gasteiger partial charge in [0.25, 0.3) is 0 Å². The molecular formula is C24H40O5. The van der Waals surface area contributed by atoms with Crippen LogP contribution in [0.2, 0.25) is 0 Å². The zero-order valence-electron chi connectivity index (χ0n) is 18.7. The highest BCUT2D eigenvalue weighted by Crippen LogP contribution is 2.65. The van der Waals surface area contributed by atoms with Crippen LogP contribution in [0, 0.1) is 34.5 Å². The number of carbonyl (C=O) groups excluding carboxylic acids is 1. The SMILES string of the molecule is CC(=O)O[C@H]1C2CCC3(OCCO3)[C@@]2(C)CCC1[C@@]1(C)CC[C@H](C)C[C@@H]1CCO. The molecule has 0 aromatic rings. The summed E-state index contributed by atoms with van der Waals surface area (Å²) >= 11 is 0. The van der Waals surface area contributed by atoms with Crippen molar-refractivity contribution in [2.75, 3.05) is 19.8 Å². The first-order valence-corrected chi connectivity index (χ1v) is 11.8. The third-order valence-electron chi connectivity index (χ3n) is 9.42. The minimum absolute atomic E-state index is 0.0852. The average molecular weight is 409 g/mol. The van der Waals surface area contributed by atoms with Gasteiger partial charge in [0, 0.05) is 37.2 Å². The van der Waals surface area contributed by atoms with E-state index in [-0.39, 0.29) is 35.4 Å². The van der Waals surface area contributed by atoms with Crippen molar-refractivity contribution in [3.8, 4) is 0 Å². The van der Waals surface area contributed by atoms with E-state index >= 15 is 0 Å². The molecule has 0 aromatic heterocycles. The Kier molecular flexibility index (Phi) is 5.80. The predicted octanol–water partition coefficient (Wildman–Crippen LogP) is 4.31. The third-order valence-corrected chi connectivity index (χ3v) is 9.42. The quantitative estimate of drug-likeness (QED) is 0.702. The monoisotopic (exact) mass is 408 g/mol. The molecule has 0 radical (unpaired) electrons. The molecule has 1 saturated heterocycles. The molecule has 3 aliphatic carbocycles. The van der Waals surface area contributed by atoms with Crippen LogP contribution in [0.1, 0.15) is 79.1 Å². The smallest absolute Gasteiger partial charge is 0.302 e. The molecule has 1 spiro atoms. The van der Waals surface area contributed by atoms with Gasteiger partial charge in [0.05, 0.1) is 13.2 Å². The third kappa shape index (κ3) is 3.36. The Morgan fingerprint density at radius 1 is 1.07 bits per heavy atom. The van der Waals surface area contributed by atoms with Gasteiger partial charge in [-0.15, -0.1) is 0 Å². The molecular weight excluding hydrogens is 368 g/mol. The number of rotatable bonds is 4. The van der Waals surface area contributed by atoms with Crippen molar-refractivity contribution in [2.24, 2.45) is 34.5 Å². The Labute approximate surface area is 175 Å². The van der Waals surface area contributed by atoms with Gasteiger partial charge in [0.15, 0.2) is 5.79 Å². The zero-order valence-corrected chi connectivity index (χ0v) is 18.7. The van der Waals surface area contributed by atoms with E-state index in [1.54, 1.807) is 6.92 Å². The summed E-state index contributed by atoms with van der Waals surface area (Å²) in [4.78, 5) is 12.2. The van der Waals surface area contributed by atoms with Crippen molar-refractivity contribution in [2.45, 2.75) is 91.0 Å². The summed E-state index contributed by atoms with van der Waals surface area (Å²) in [5.41, 5.74) is -0.00522. The van der Waals surface area contributed by atoms with Crippen LogP contribution in [0.4, 0.5) is 0 Å². The van der Waals surface area contributed by atoms with E-state index in [0.29, 0.717) is 31.0 Å². The van der Waals surface area contributed by atoms with E-state index in [1.165, 1.54) is 12.8 Å². The lowest BCUT2D eigenvalue weighted by molar-refractivity contribution is -0.252. The molecule has 0 amide bonds. The lowest BCUT2D eigenvalue weighted by atomic mass is 9.50. The van der Waals surface area contributed by atoms with Crippen LogP contribution in [-0.4, -0.2) is 42.8 Å². The summed E-state index contributed by atoms with van der Waals surface area (Å²) in [6, 6.07) is 0. The minimum Gasteiger partial charge on any atom is -0.462 e. The number of aliphatic hydroxyl groups is 1. The van der Waals surface area contributed by atoms with Crippen LogP contribution >= 0.6 is 0 Å². The summed E-state index contributed by atoms with van der Waals surface area (Å²) in [7, 11) is 0. The molecule has 4 fully saturated rings. The number of fused-ring (bicyclic) bond motifs is 2. The van der Waals surface area contributed by atoms with Crippen LogP contribution in [-0.2, 0) is 19.0 Å². The second-order valence-corrected chi connectivity index (χ2v) is 10.8. The predicted molar refractivity (Wildman–Crippen MR) is 110 cm³/mol. The first-order chi connectivity index (χ1) is 13.8. The van der Waals surface area contributed by atoms with E-state index in [1.807, 2.05) is 0 Å². The van der Waals surface area contributed by atoms with Crippen LogP contribution < -0.4 is 0 Å². The molecule has 29 heavy (non-hydrogen) atoms. The first kappa shape index (κ1) is 21.6. The Bertz CT molecular complexity index is 614. The maximum absolute atomic E-state index is 12.2. The van der Waals surface area contributed by atoms with Gasteiger partial charge >= 0.3 is 5.97 Å². The highest BCUT2D eigenvalue weighted by Gasteiger charge is 2.67. The molecule has 3 saturated carbocycles. The molecule has 2 unspecified atom stereocenters. The number of ether oxygens (including phenoxy) is 3. The molecule has 4 rings (SSSR count). The largest absolute Gasteiger partial charge is 0.462 e. The molecule has 1 heterocycles. The maximum atomic E-state index is 12.2. The second kappa shape index (κ2) is 7.80. The summed E-state index contributed by atoms with van der Waals surface area (Å²) in [5, 5.41) is 9.76. The van der Waals surface area contributed by atoms with Gasteiger partial charge in [-0.05, 0) is 55.8 Å². The fourth-order valence-electron chi connectivity index (χ4n) is 7.75. The van der Waals surface area contributed by atoms with Crippen LogP contribution in [0.5, 0.6) is 0 Å². The summed E-state index contributed by atoms with van der Waals surface area (Å²) in [5.74, 6) is 1.13. The van der Waals surface area contributed by atoms with Crippen LogP contribution in [0.15, 0.2) is 0 Å². The number of hydrogen-bond acceptors (Lipinski definition) is 5. The zero-order chi connectivity index (χ0) is 20.9. The van der Waals surface area contributed by atoms with E-state index in [0.717, 1.165) is 38.5 Å². The van der Waals surface area contributed by atoms with Crippen molar-refractivity contribution >= 4 is 5.97 Å². The summed E-state index contributed by atoms with van der Waals surface area (Å²) < 4.78 is 18.6. The van der Waals surface area contributed by atoms with Crippen molar-refractivity contribution in [3.63, 3.8) is 0 Å². The molecule has 7 atom stereocenters. The maximum Gasteiger partial charge on any atom is 0.302 e. The van der Waals surface area contributed by atoms with Gasteiger partial charge in [0.2, 0.25) is 0 Å². The van der Waals surface area contributed by atoms with Gasteiger partial charge < -0.3 is 19.3 Å². The molecule has 5 nitrogen and oxygen atoms in total. The van der Waals surface area contributed by atoms with E-state index in [2.05, 4.69) is 20.8 Å². The minimum atomic E-state index is -0.493. The Hall–Kier alpha value is -0.650. The summed E-state index contributed by atoms with van der Waals surface area (Å²) in [6.07, 6.45) is 8.28. The first-order valence-electron chi connectivity index (χ1n) is 11.8. The molecule has 4 aliphatic rings. The van der Waals surface area contributed by atoms with Crippen molar-refractivity contribution in [3.05, 3.63) is 0 Å². The van der Waals surface area contributed by atoms with Gasteiger partial charge in [-0.25, -0.2) is 0 Å². The standard InChI is InChI=1S/C24H40O5/c1-16-5-9-22(3,18(15-16)8-12-25)19-6-10-23(4)20(21(19)29-17(2)26)7-11-24(23)27-13-14-28-24/h16,18-21,25H,5-15H2,1-4H3/t16-,18-,19?,20?,21+,22-,23-/m0/s1. The normalized spacial score (nSPS) is 46.6. The van der Waals surface area contributed by atoms with E-state index < -0.39 is 5.79 Å². The average Bonchev–Trinajstić information content (AvgIpc) is 3.25. The van der Waals surface area contributed by atoms with Gasteiger partial charge in [-0.2, -0.15) is 0 Å². The highest BCUT2D eigenvalue weighted by atomic mass is 16.7. The molecule has 0 aromatic carbocycles. The van der Waals surface area contributed by atoms with E-state index in [4.69, 9.17) is 14.2 Å². The number of carbonyl (C=O) groups is 1. The number of aliphatic hydroxyl groups excluding tert-OH is 1. The Balaban J connectivity index is 1.66. The topological polar surface area (TPSA) is 65.0 Å². The lowest BCUT2D eigenvalue weighted by Gasteiger charge is -2.57. The van der Waals surface area contributed by atoms with Crippen molar-refractivity contribution in [1.29, 1.82) is 0 Å². The van der Waals surface area contributed by atoms with Gasteiger partial charge in [-0.1, -0.05) is 27.2 Å². The molecule has 1 aliphatic heterocycles. The second-order valence-electron chi connectivity index (χ2n) is 10.8. The Morgan fingerprint density at radius 3 is 2.41 bits per heavy atom. The molecule has 0 bridgehead atoms. The molecule has 166 valence electrons.